The van der Waals surface area contributed by atoms with E-state index < -0.39 is 6.17 Å². The molecule has 0 saturated carbocycles. The van der Waals surface area contributed by atoms with E-state index in [9.17, 15) is 9.18 Å². The molecule has 2 aliphatic rings. The van der Waals surface area contributed by atoms with Crippen LogP contribution in [0, 0.1) is 5.82 Å². The van der Waals surface area contributed by atoms with Crippen LogP contribution in [0.4, 0.5) is 4.39 Å². The molecule has 0 aliphatic carbocycles. The molecule has 2 aromatic carbocycles. The number of furan rings is 1. The van der Waals surface area contributed by atoms with Crippen LogP contribution in [0.15, 0.2) is 75.2 Å². The molecule has 0 fully saturated rings. The lowest BCUT2D eigenvalue weighted by molar-refractivity contribution is -0.116. The van der Waals surface area contributed by atoms with Gasteiger partial charge in [-0.05, 0) is 48.7 Å². The lowest BCUT2D eigenvalue weighted by atomic mass is 10.1. The zero-order valence-corrected chi connectivity index (χ0v) is 16.1. The number of nitrogens with one attached hydrogen (secondary N) is 1. The third kappa shape index (κ3) is 3.01. The Morgan fingerprint density at radius 1 is 1.10 bits per heavy atom. The van der Waals surface area contributed by atoms with Crippen molar-refractivity contribution < 1.29 is 13.6 Å². The Kier molecular flexibility index (Phi) is 4.21. The first-order valence-corrected chi connectivity index (χ1v) is 10.1. The molecule has 0 spiro atoms. The van der Waals surface area contributed by atoms with Crippen LogP contribution in [-0.4, -0.2) is 22.3 Å². The lowest BCUT2D eigenvalue weighted by Crippen LogP contribution is -2.50. The highest BCUT2D eigenvalue weighted by atomic mass is 32.2. The van der Waals surface area contributed by atoms with Gasteiger partial charge >= 0.3 is 0 Å². The number of carbonyl (C=O) groups excluding carboxylic acids is 1. The first-order valence-electron chi connectivity index (χ1n) is 8.90. The smallest absolute Gasteiger partial charge is 0.276 e. The lowest BCUT2D eigenvalue weighted by Gasteiger charge is -2.32. The van der Waals surface area contributed by atoms with Crippen LogP contribution in [0.25, 0.3) is 17.0 Å². The number of carbonyl (C=O) groups is 1. The number of thioether (sulfide) groups is 1. The normalized spacial score (nSPS) is 17.8. The first-order chi connectivity index (χ1) is 14.1. The standard InChI is InChI=1S/C21H15FN4O2S/c1-29-21-24-20(27)18-14-4-2-3-5-15(14)23-19(26(18)25-21)17-11-10-16(28-17)12-6-8-13(22)9-7-12/h2-11,19H,1H3,(H,24,25,27)/t19-/m1/s1. The summed E-state index contributed by atoms with van der Waals surface area (Å²) < 4.78 is 19.3. The molecule has 3 heterocycles. The molecule has 0 saturated heterocycles. The predicted molar refractivity (Wildman–Crippen MR) is 108 cm³/mol. The summed E-state index contributed by atoms with van der Waals surface area (Å²) in [6.45, 7) is 0. The second-order valence-corrected chi connectivity index (χ2v) is 7.28. The van der Waals surface area contributed by atoms with Gasteiger partial charge in [-0.3, -0.25) is 10.1 Å². The van der Waals surface area contributed by atoms with Crippen LogP contribution >= 0.6 is 11.8 Å². The Hall–Kier alpha value is -3.39. The van der Waals surface area contributed by atoms with E-state index >= 15 is 0 Å². The van der Waals surface area contributed by atoms with Crippen molar-refractivity contribution in [3.8, 4) is 11.3 Å². The quantitative estimate of drug-likeness (QED) is 0.710. The molecule has 29 heavy (non-hydrogen) atoms. The monoisotopic (exact) mass is 406 g/mol. The molecule has 5 rings (SSSR count). The highest BCUT2D eigenvalue weighted by Crippen LogP contribution is 2.33. The molecule has 1 aromatic heterocycles. The van der Waals surface area contributed by atoms with Gasteiger partial charge in [0, 0.05) is 10.8 Å². The van der Waals surface area contributed by atoms with E-state index in [4.69, 9.17) is 9.41 Å². The molecule has 1 N–H and O–H groups in total. The average Bonchev–Trinajstić information content (AvgIpc) is 3.23. The van der Waals surface area contributed by atoms with Crippen LogP contribution in [0.2, 0.25) is 0 Å². The van der Waals surface area contributed by atoms with Gasteiger partial charge in [0.05, 0.1) is 5.36 Å². The molecule has 0 bridgehead atoms. The fraction of sp³-hybridized carbons (Fsp3) is 0.0952. The predicted octanol–water partition coefficient (Wildman–Crippen LogP) is 2.59. The molecule has 144 valence electrons. The number of halogens is 1. The summed E-state index contributed by atoms with van der Waals surface area (Å²) in [6, 6.07) is 17.1. The van der Waals surface area contributed by atoms with E-state index in [1.165, 1.54) is 23.9 Å². The van der Waals surface area contributed by atoms with Crippen molar-refractivity contribution in [2.75, 3.05) is 6.26 Å². The van der Waals surface area contributed by atoms with E-state index in [0.29, 0.717) is 27.7 Å². The number of hydrazone groups is 1. The molecule has 1 amide bonds. The van der Waals surface area contributed by atoms with Crippen molar-refractivity contribution in [1.82, 2.24) is 10.3 Å². The van der Waals surface area contributed by atoms with Gasteiger partial charge in [0.2, 0.25) is 6.17 Å². The molecule has 1 atom stereocenters. The van der Waals surface area contributed by atoms with Crippen molar-refractivity contribution in [3.05, 3.63) is 82.8 Å². The van der Waals surface area contributed by atoms with Gasteiger partial charge in [0.15, 0.2) is 10.9 Å². The zero-order chi connectivity index (χ0) is 20.0. The van der Waals surface area contributed by atoms with Crippen molar-refractivity contribution >= 4 is 28.5 Å². The molecule has 3 aromatic rings. The minimum absolute atomic E-state index is 0.234. The molecule has 0 unspecified atom stereocenters. The van der Waals surface area contributed by atoms with E-state index in [-0.39, 0.29) is 11.7 Å². The van der Waals surface area contributed by atoms with Crippen LogP contribution in [0.5, 0.6) is 0 Å². The Bertz CT molecular complexity index is 1270. The van der Waals surface area contributed by atoms with Crippen LogP contribution in [0.1, 0.15) is 11.9 Å². The Balaban J connectivity index is 1.65. The van der Waals surface area contributed by atoms with Gasteiger partial charge in [-0.1, -0.05) is 30.0 Å². The van der Waals surface area contributed by atoms with Gasteiger partial charge in [0.1, 0.15) is 17.3 Å². The van der Waals surface area contributed by atoms with Gasteiger partial charge in [-0.25, -0.2) is 14.4 Å². The summed E-state index contributed by atoms with van der Waals surface area (Å²) in [5.74, 6) is 0.584. The molecule has 6 nitrogen and oxygen atoms in total. The number of fused-ring (bicyclic) bond motifs is 2. The van der Waals surface area contributed by atoms with E-state index in [2.05, 4.69) is 10.4 Å². The van der Waals surface area contributed by atoms with Crippen LogP contribution < -0.4 is 15.9 Å². The van der Waals surface area contributed by atoms with Gasteiger partial charge in [-0.2, -0.15) is 0 Å². The number of amides is 1. The largest absolute Gasteiger partial charge is 0.457 e. The second kappa shape index (κ2) is 6.89. The van der Waals surface area contributed by atoms with Crippen molar-refractivity contribution in [3.63, 3.8) is 0 Å². The van der Waals surface area contributed by atoms with Crippen LogP contribution in [-0.2, 0) is 4.79 Å². The summed E-state index contributed by atoms with van der Waals surface area (Å²) in [5, 5.41) is 10.9. The minimum Gasteiger partial charge on any atom is -0.457 e. The van der Waals surface area contributed by atoms with Gasteiger partial charge in [-0.15, -0.1) is 5.10 Å². The SMILES string of the molecule is CSC1=NN2C(=c3ccccc3=N[C@H]2c2ccc(-c3ccc(F)cc3)o2)C(=O)N1. The number of amidine groups is 1. The maximum atomic E-state index is 13.2. The summed E-state index contributed by atoms with van der Waals surface area (Å²) in [4.78, 5) is 17.6. The van der Waals surface area contributed by atoms with E-state index in [1.807, 2.05) is 36.6 Å². The number of rotatable bonds is 2. The van der Waals surface area contributed by atoms with Crippen LogP contribution in [0.3, 0.4) is 0 Å². The molecule has 8 heteroatoms. The van der Waals surface area contributed by atoms with E-state index in [0.717, 1.165) is 10.8 Å². The first kappa shape index (κ1) is 17.7. The zero-order valence-electron chi connectivity index (χ0n) is 15.3. The maximum Gasteiger partial charge on any atom is 0.276 e. The summed E-state index contributed by atoms with van der Waals surface area (Å²) in [5.41, 5.74) is 1.18. The van der Waals surface area contributed by atoms with Gasteiger partial charge < -0.3 is 4.42 Å². The summed E-state index contributed by atoms with van der Waals surface area (Å²) >= 11 is 1.34. The van der Waals surface area contributed by atoms with E-state index in [1.54, 1.807) is 23.2 Å². The minimum atomic E-state index is -0.623. The molecular formula is C21H15FN4O2S. The number of hydrogen-bond acceptors (Lipinski definition) is 6. The molecule has 2 aliphatic heterocycles. The fourth-order valence-corrected chi connectivity index (χ4v) is 3.73. The fourth-order valence-electron chi connectivity index (χ4n) is 3.37. The van der Waals surface area contributed by atoms with Gasteiger partial charge in [0.25, 0.3) is 5.91 Å². The Morgan fingerprint density at radius 2 is 1.90 bits per heavy atom. The van der Waals surface area contributed by atoms with Crippen molar-refractivity contribution in [1.29, 1.82) is 0 Å². The second-order valence-electron chi connectivity index (χ2n) is 6.49. The maximum absolute atomic E-state index is 13.2. The number of hydrogen-bond donors (Lipinski definition) is 1. The van der Waals surface area contributed by atoms with Crippen molar-refractivity contribution in [2.24, 2.45) is 10.1 Å². The summed E-state index contributed by atoms with van der Waals surface area (Å²) in [7, 11) is 0. The molecule has 0 radical (unpaired) electrons. The number of nitrogens with zero attached hydrogens (tertiary/aromatic N) is 3. The summed E-state index contributed by atoms with van der Waals surface area (Å²) in [6.07, 6.45) is 1.22. The third-order valence-electron chi connectivity index (χ3n) is 4.72. The third-order valence-corrected chi connectivity index (χ3v) is 5.29. The topological polar surface area (TPSA) is 70.2 Å². The number of benzene rings is 2. The highest BCUT2D eigenvalue weighted by Gasteiger charge is 2.35. The Labute approximate surface area is 169 Å². The molecular weight excluding hydrogens is 391 g/mol. The van der Waals surface area contributed by atoms with Crippen molar-refractivity contribution in [2.45, 2.75) is 6.17 Å². The highest BCUT2D eigenvalue weighted by molar-refractivity contribution is 8.13. The Morgan fingerprint density at radius 3 is 2.69 bits per heavy atom. The number of para-hydroxylation sites is 1. The average molecular weight is 406 g/mol.